The van der Waals surface area contributed by atoms with Gasteiger partial charge in [0.1, 0.15) is 0 Å². The average Bonchev–Trinajstić information content (AvgIpc) is 2.45. The highest BCUT2D eigenvalue weighted by molar-refractivity contribution is 5.23. The van der Waals surface area contributed by atoms with Gasteiger partial charge in [-0.05, 0) is 68.6 Å². The van der Waals surface area contributed by atoms with Crippen LogP contribution >= 0.6 is 0 Å². The molecule has 126 valence electrons. The predicted molar refractivity (Wildman–Crippen MR) is 92.5 cm³/mol. The van der Waals surface area contributed by atoms with Crippen molar-refractivity contribution in [1.82, 2.24) is 0 Å². The van der Waals surface area contributed by atoms with E-state index in [1.165, 1.54) is 18.4 Å². The van der Waals surface area contributed by atoms with Crippen LogP contribution < -0.4 is 0 Å². The van der Waals surface area contributed by atoms with E-state index in [1.54, 1.807) is 6.08 Å². The second kappa shape index (κ2) is 5.79. The zero-order chi connectivity index (χ0) is 16.8. The summed E-state index contributed by atoms with van der Waals surface area (Å²) in [6, 6.07) is 0. The Bertz CT molecular complexity index is 464. The van der Waals surface area contributed by atoms with Crippen LogP contribution in [0.4, 0.5) is 0 Å². The lowest BCUT2D eigenvalue weighted by molar-refractivity contribution is -0.0740. The van der Waals surface area contributed by atoms with Gasteiger partial charge in [-0.3, -0.25) is 0 Å². The third-order valence-electron chi connectivity index (χ3n) is 7.22. The molecule has 6 atom stereocenters. The third kappa shape index (κ3) is 2.92. The summed E-state index contributed by atoms with van der Waals surface area (Å²) >= 11 is 0. The fourth-order valence-electron chi connectivity index (χ4n) is 4.93. The fraction of sp³-hybridized carbons (Fsp3) is 0.800. The summed E-state index contributed by atoms with van der Waals surface area (Å²) in [6.45, 7) is 14.9. The smallest absolute Gasteiger partial charge is 0.0797 e. The molecule has 0 amide bonds. The monoisotopic (exact) mass is 306 g/mol. The minimum Gasteiger partial charge on any atom is -0.389 e. The minimum absolute atomic E-state index is 0.149. The van der Waals surface area contributed by atoms with Crippen molar-refractivity contribution in [2.24, 2.45) is 22.7 Å². The van der Waals surface area contributed by atoms with Gasteiger partial charge < -0.3 is 10.2 Å². The van der Waals surface area contributed by atoms with Crippen molar-refractivity contribution in [2.45, 2.75) is 78.4 Å². The first kappa shape index (κ1) is 17.7. The molecule has 0 aromatic heterocycles. The summed E-state index contributed by atoms with van der Waals surface area (Å²) in [7, 11) is 0. The Morgan fingerprint density at radius 2 is 2.09 bits per heavy atom. The highest BCUT2D eigenvalue weighted by atomic mass is 16.3. The van der Waals surface area contributed by atoms with Gasteiger partial charge in [-0.1, -0.05) is 38.5 Å². The zero-order valence-electron chi connectivity index (χ0n) is 15.0. The van der Waals surface area contributed by atoms with E-state index >= 15 is 0 Å². The maximum Gasteiger partial charge on any atom is 0.0797 e. The minimum atomic E-state index is -0.797. The molecular formula is C20H34O2. The lowest BCUT2D eigenvalue weighted by atomic mass is 9.46. The van der Waals surface area contributed by atoms with Gasteiger partial charge in [0.2, 0.25) is 0 Å². The topological polar surface area (TPSA) is 40.5 Å². The van der Waals surface area contributed by atoms with Gasteiger partial charge in [-0.2, -0.15) is 0 Å². The molecule has 0 heterocycles. The highest BCUT2D eigenvalue weighted by Gasteiger charge is 2.54. The molecule has 1 fully saturated rings. The van der Waals surface area contributed by atoms with Crippen LogP contribution in [0.3, 0.4) is 0 Å². The van der Waals surface area contributed by atoms with Crippen LogP contribution in [0.2, 0.25) is 0 Å². The number of aliphatic hydroxyl groups excluding tert-OH is 1. The van der Waals surface area contributed by atoms with E-state index in [4.69, 9.17) is 0 Å². The summed E-state index contributed by atoms with van der Waals surface area (Å²) in [5, 5.41) is 20.6. The Labute approximate surface area is 136 Å². The second-order valence-electron chi connectivity index (χ2n) is 8.63. The SMILES string of the molecule is C=C[C@@](C)(O)CC[C@@]1(C)[C@H](C)CC[C@@]2(C)C(C)=C[C@H](O)C[C@H]12. The summed E-state index contributed by atoms with van der Waals surface area (Å²) in [6.07, 6.45) is 8.41. The Hall–Kier alpha value is -0.600. The molecule has 2 rings (SSSR count). The number of hydrogen-bond donors (Lipinski definition) is 2. The molecule has 0 radical (unpaired) electrons. The number of hydrogen-bond acceptors (Lipinski definition) is 2. The summed E-state index contributed by atoms with van der Waals surface area (Å²) in [5.41, 5.74) is 0.899. The zero-order valence-corrected chi connectivity index (χ0v) is 15.0. The van der Waals surface area contributed by atoms with E-state index in [9.17, 15) is 10.2 Å². The summed E-state index contributed by atoms with van der Waals surface area (Å²) in [4.78, 5) is 0. The Morgan fingerprint density at radius 1 is 1.45 bits per heavy atom. The molecule has 22 heavy (non-hydrogen) atoms. The first-order valence-electron chi connectivity index (χ1n) is 8.78. The molecule has 0 aromatic carbocycles. The number of aliphatic hydroxyl groups is 2. The van der Waals surface area contributed by atoms with Crippen LogP contribution in [-0.2, 0) is 0 Å². The summed E-state index contributed by atoms with van der Waals surface area (Å²) < 4.78 is 0. The Balaban J connectivity index is 2.32. The largest absolute Gasteiger partial charge is 0.389 e. The van der Waals surface area contributed by atoms with Gasteiger partial charge in [0.25, 0.3) is 0 Å². The molecule has 2 aliphatic rings. The van der Waals surface area contributed by atoms with Crippen molar-refractivity contribution in [3.05, 3.63) is 24.3 Å². The second-order valence-corrected chi connectivity index (χ2v) is 8.63. The van der Waals surface area contributed by atoms with E-state index in [0.717, 1.165) is 19.3 Å². The maximum atomic E-state index is 10.3. The van der Waals surface area contributed by atoms with Crippen LogP contribution in [0.5, 0.6) is 0 Å². The van der Waals surface area contributed by atoms with E-state index in [2.05, 4.69) is 40.3 Å². The quantitative estimate of drug-likeness (QED) is 0.752. The summed E-state index contributed by atoms with van der Waals surface area (Å²) in [5.74, 6) is 1.09. The Kier molecular flexibility index (Phi) is 4.68. The normalized spacial score (nSPS) is 44.7. The highest BCUT2D eigenvalue weighted by Crippen LogP contribution is 2.62. The van der Waals surface area contributed by atoms with Crippen molar-refractivity contribution >= 4 is 0 Å². The number of allylic oxidation sites excluding steroid dienone is 1. The predicted octanol–water partition coefficient (Wildman–Crippen LogP) is 4.47. The van der Waals surface area contributed by atoms with Gasteiger partial charge in [-0.25, -0.2) is 0 Å². The number of rotatable bonds is 4. The molecule has 0 aliphatic heterocycles. The molecule has 0 aromatic rings. The van der Waals surface area contributed by atoms with Crippen LogP contribution in [0.15, 0.2) is 24.3 Å². The molecule has 0 bridgehead atoms. The molecule has 0 saturated heterocycles. The van der Waals surface area contributed by atoms with Crippen LogP contribution in [0.25, 0.3) is 0 Å². The van der Waals surface area contributed by atoms with Crippen molar-refractivity contribution in [3.63, 3.8) is 0 Å². The van der Waals surface area contributed by atoms with Crippen molar-refractivity contribution in [3.8, 4) is 0 Å². The van der Waals surface area contributed by atoms with E-state index in [1.807, 2.05) is 6.92 Å². The van der Waals surface area contributed by atoms with Crippen LogP contribution in [0.1, 0.15) is 66.7 Å². The van der Waals surface area contributed by atoms with Crippen molar-refractivity contribution in [2.75, 3.05) is 0 Å². The first-order chi connectivity index (χ1) is 10.0. The molecule has 2 N–H and O–H groups in total. The third-order valence-corrected chi connectivity index (χ3v) is 7.22. The van der Waals surface area contributed by atoms with Crippen molar-refractivity contribution in [1.29, 1.82) is 0 Å². The maximum absolute atomic E-state index is 10.3. The van der Waals surface area contributed by atoms with Crippen molar-refractivity contribution < 1.29 is 10.2 Å². The molecule has 0 spiro atoms. The lowest BCUT2D eigenvalue weighted by Gasteiger charge is -2.59. The van der Waals surface area contributed by atoms with Gasteiger partial charge >= 0.3 is 0 Å². The van der Waals surface area contributed by atoms with Gasteiger partial charge in [0.15, 0.2) is 0 Å². The van der Waals surface area contributed by atoms with Crippen LogP contribution in [0, 0.1) is 22.7 Å². The average molecular weight is 306 g/mol. The molecule has 0 unspecified atom stereocenters. The molecule has 2 heteroatoms. The number of fused-ring (bicyclic) bond motifs is 1. The van der Waals surface area contributed by atoms with E-state index < -0.39 is 5.60 Å². The van der Waals surface area contributed by atoms with Gasteiger partial charge in [-0.15, -0.1) is 6.58 Å². The first-order valence-corrected chi connectivity index (χ1v) is 8.78. The van der Waals surface area contributed by atoms with Gasteiger partial charge in [0, 0.05) is 0 Å². The van der Waals surface area contributed by atoms with E-state index in [0.29, 0.717) is 11.8 Å². The Morgan fingerprint density at radius 3 is 2.68 bits per heavy atom. The molecule has 1 saturated carbocycles. The lowest BCUT2D eigenvalue weighted by Crippen LogP contribution is -2.52. The molecule has 2 nitrogen and oxygen atoms in total. The van der Waals surface area contributed by atoms with E-state index in [-0.39, 0.29) is 16.9 Å². The standard InChI is InChI=1S/C20H34O2/c1-7-18(4,22)10-11-20(6)14(2)8-9-19(5)15(3)12-16(21)13-17(19)20/h7,12,14,16-17,21-22H,1,8-11,13H2,2-6H3/t14-,16+,17+,18-,19+,20+/m1/s1. The molecular weight excluding hydrogens is 272 g/mol. The van der Waals surface area contributed by atoms with Crippen LogP contribution in [-0.4, -0.2) is 21.9 Å². The molecule has 2 aliphatic carbocycles. The fourth-order valence-corrected chi connectivity index (χ4v) is 4.93. The van der Waals surface area contributed by atoms with Gasteiger partial charge in [0.05, 0.1) is 11.7 Å².